The smallest absolute Gasteiger partial charge is 0.317 e. The summed E-state index contributed by atoms with van der Waals surface area (Å²) in [7, 11) is 0. The van der Waals surface area contributed by atoms with Crippen molar-refractivity contribution in [3.63, 3.8) is 0 Å². The molecular weight excluding hydrogens is 298 g/mol. The first kappa shape index (κ1) is 14.8. The quantitative estimate of drug-likeness (QED) is 0.825. The van der Waals surface area contributed by atoms with Gasteiger partial charge in [-0.1, -0.05) is 0 Å². The molecular formula is C15H19N5OS. The number of nitrogens with zero attached hydrogens (tertiary/aromatic N) is 3. The number of aromatic nitrogens is 2. The molecule has 3 heterocycles. The number of carbonyl (C=O) groups is 1. The van der Waals surface area contributed by atoms with Crippen molar-refractivity contribution in [3.05, 3.63) is 41.2 Å². The average Bonchev–Trinajstić information content (AvgIpc) is 2.89. The Morgan fingerprint density at radius 1 is 1.41 bits per heavy atom. The Labute approximate surface area is 133 Å². The summed E-state index contributed by atoms with van der Waals surface area (Å²) in [5.41, 5.74) is 7.83. The number of nitrogens with one attached hydrogen (secondary N) is 1. The van der Waals surface area contributed by atoms with Crippen LogP contribution in [-0.4, -0.2) is 40.5 Å². The second-order valence-corrected chi connectivity index (χ2v) is 6.28. The Morgan fingerprint density at radius 3 is 2.86 bits per heavy atom. The Bertz CT molecular complexity index is 624. The minimum Gasteiger partial charge on any atom is -0.375 e. The van der Waals surface area contributed by atoms with E-state index in [9.17, 15) is 4.79 Å². The van der Waals surface area contributed by atoms with Crippen molar-refractivity contribution in [1.82, 2.24) is 20.2 Å². The van der Waals surface area contributed by atoms with Crippen LogP contribution >= 0.6 is 11.3 Å². The second kappa shape index (κ2) is 6.74. The summed E-state index contributed by atoms with van der Waals surface area (Å²) in [6.07, 6.45) is 5.30. The predicted octanol–water partition coefficient (Wildman–Crippen LogP) is 1.86. The van der Waals surface area contributed by atoms with Crippen LogP contribution in [0.1, 0.15) is 23.6 Å². The number of urea groups is 1. The lowest BCUT2D eigenvalue weighted by Crippen LogP contribution is -2.52. The second-order valence-electron chi connectivity index (χ2n) is 5.40. The van der Waals surface area contributed by atoms with Crippen LogP contribution in [0.2, 0.25) is 0 Å². The number of nitrogen functional groups attached to an aromatic ring is 1. The minimum absolute atomic E-state index is 0.0168. The molecule has 0 bridgehead atoms. The van der Waals surface area contributed by atoms with Crippen molar-refractivity contribution in [2.45, 2.75) is 18.8 Å². The molecule has 1 aliphatic heterocycles. The van der Waals surface area contributed by atoms with Crippen molar-refractivity contribution < 1.29 is 4.79 Å². The van der Waals surface area contributed by atoms with Gasteiger partial charge in [-0.15, -0.1) is 11.3 Å². The largest absolute Gasteiger partial charge is 0.375 e. The number of pyridine rings is 1. The van der Waals surface area contributed by atoms with E-state index in [-0.39, 0.29) is 6.03 Å². The number of rotatable bonds is 5. The van der Waals surface area contributed by atoms with Crippen molar-refractivity contribution in [2.24, 2.45) is 0 Å². The molecule has 3 rings (SSSR count). The van der Waals surface area contributed by atoms with Gasteiger partial charge in [0, 0.05) is 43.3 Å². The number of amides is 2. The highest BCUT2D eigenvalue weighted by molar-refractivity contribution is 7.13. The average molecular weight is 317 g/mol. The zero-order valence-corrected chi connectivity index (χ0v) is 13.1. The fourth-order valence-electron chi connectivity index (χ4n) is 2.50. The van der Waals surface area contributed by atoms with Crippen molar-refractivity contribution >= 4 is 22.5 Å². The number of hydrogen-bond acceptors (Lipinski definition) is 5. The zero-order valence-electron chi connectivity index (χ0n) is 12.2. The predicted molar refractivity (Wildman–Crippen MR) is 86.8 cm³/mol. The third kappa shape index (κ3) is 3.54. The minimum atomic E-state index is 0.0168. The van der Waals surface area contributed by atoms with Crippen LogP contribution < -0.4 is 11.1 Å². The van der Waals surface area contributed by atoms with Gasteiger partial charge in [0.15, 0.2) is 5.13 Å². The lowest BCUT2D eigenvalue weighted by molar-refractivity contribution is 0.151. The van der Waals surface area contributed by atoms with E-state index in [1.807, 2.05) is 22.4 Å². The molecule has 0 aromatic carbocycles. The Hall–Kier alpha value is -2.15. The van der Waals surface area contributed by atoms with Crippen LogP contribution in [0.15, 0.2) is 29.9 Å². The van der Waals surface area contributed by atoms with Crippen LogP contribution in [0.3, 0.4) is 0 Å². The molecule has 1 aliphatic rings. The molecule has 116 valence electrons. The van der Waals surface area contributed by atoms with Crippen LogP contribution in [-0.2, 0) is 6.42 Å². The first-order valence-corrected chi connectivity index (χ1v) is 8.23. The van der Waals surface area contributed by atoms with Crippen LogP contribution in [0.5, 0.6) is 0 Å². The highest BCUT2D eigenvalue weighted by atomic mass is 32.1. The lowest BCUT2D eigenvalue weighted by Gasteiger charge is -2.39. The molecule has 0 radical (unpaired) electrons. The van der Waals surface area contributed by atoms with Crippen LogP contribution in [0.4, 0.5) is 9.93 Å². The number of carbonyl (C=O) groups excluding carboxylic acids is 1. The lowest BCUT2D eigenvalue weighted by atomic mass is 9.93. The molecule has 2 aromatic rings. The fraction of sp³-hybridized carbons (Fsp3) is 0.400. The summed E-state index contributed by atoms with van der Waals surface area (Å²) >= 11 is 1.45. The molecule has 0 aliphatic carbocycles. The van der Waals surface area contributed by atoms with Gasteiger partial charge < -0.3 is 16.0 Å². The first-order valence-electron chi connectivity index (χ1n) is 7.35. The van der Waals surface area contributed by atoms with E-state index in [4.69, 9.17) is 5.73 Å². The van der Waals surface area contributed by atoms with Crippen molar-refractivity contribution in [3.8, 4) is 0 Å². The summed E-state index contributed by atoms with van der Waals surface area (Å²) in [4.78, 5) is 22.0. The monoisotopic (exact) mass is 317 g/mol. The van der Waals surface area contributed by atoms with Gasteiger partial charge in [0.2, 0.25) is 0 Å². The SMILES string of the molecule is Nc1nc(CCCNC(=O)N2CC(c3ccncc3)C2)cs1. The van der Waals surface area contributed by atoms with E-state index in [0.29, 0.717) is 17.6 Å². The molecule has 3 N–H and O–H groups in total. The van der Waals surface area contributed by atoms with E-state index >= 15 is 0 Å². The molecule has 0 unspecified atom stereocenters. The topological polar surface area (TPSA) is 84.1 Å². The first-order chi connectivity index (χ1) is 10.7. The molecule has 2 amide bonds. The summed E-state index contributed by atoms with van der Waals surface area (Å²) in [5.74, 6) is 0.437. The maximum atomic E-state index is 12.0. The van der Waals surface area contributed by atoms with E-state index in [1.54, 1.807) is 12.4 Å². The zero-order chi connectivity index (χ0) is 15.4. The normalized spacial score (nSPS) is 14.6. The third-order valence-electron chi connectivity index (χ3n) is 3.80. The Kier molecular flexibility index (Phi) is 4.53. The summed E-state index contributed by atoms with van der Waals surface area (Å²) in [5, 5.41) is 5.52. The maximum Gasteiger partial charge on any atom is 0.317 e. The van der Waals surface area contributed by atoms with Crippen LogP contribution in [0.25, 0.3) is 0 Å². The van der Waals surface area contributed by atoms with E-state index in [1.165, 1.54) is 16.9 Å². The van der Waals surface area contributed by atoms with E-state index in [0.717, 1.165) is 31.6 Å². The number of thiazole rings is 1. The van der Waals surface area contributed by atoms with Gasteiger partial charge in [0.1, 0.15) is 0 Å². The summed E-state index contributed by atoms with van der Waals surface area (Å²) in [6.45, 7) is 2.21. The van der Waals surface area contributed by atoms with Gasteiger partial charge in [0.25, 0.3) is 0 Å². The highest BCUT2D eigenvalue weighted by Crippen LogP contribution is 2.26. The number of nitrogens with two attached hydrogens (primary N) is 1. The third-order valence-corrected chi connectivity index (χ3v) is 4.52. The molecule has 22 heavy (non-hydrogen) atoms. The van der Waals surface area contributed by atoms with Gasteiger partial charge >= 0.3 is 6.03 Å². The fourth-order valence-corrected chi connectivity index (χ4v) is 3.10. The molecule has 0 spiro atoms. The number of aryl methyl sites for hydroxylation is 1. The molecule has 2 aromatic heterocycles. The molecule has 0 atom stereocenters. The van der Waals surface area contributed by atoms with E-state index < -0.39 is 0 Å². The molecule has 1 fully saturated rings. The Morgan fingerprint density at radius 2 is 2.18 bits per heavy atom. The summed E-state index contributed by atoms with van der Waals surface area (Å²) < 4.78 is 0. The van der Waals surface area contributed by atoms with Crippen LogP contribution in [0, 0.1) is 0 Å². The maximum absolute atomic E-state index is 12.0. The van der Waals surface area contributed by atoms with Gasteiger partial charge in [0.05, 0.1) is 5.69 Å². The number of anilines is 1. The van der Waals surface area contributed by atoms with Gasteiger partial charge in [-0.05, 0) is 30.5 Å². The standard InChI is InChI=1S/C15H19N5OS/c16-14-19-13(10-22-14)2-1-5-18-15(21)20-8-12(9-20)11-3-6-17-7-4-11/h3-4,6-7,10,12H,1-2,5,8-9H2,(H2,16,19)(H,18,21). The molecule has 1 saturated heterocycles. The molecule has 7 heteroatoms. The Balaban J connectivity index is 1.34. The van der Waals surface area contributed by atoms with Gasteiger partial charge in [-0.3, -0.25) is 4.98 Å². The molecule has 6 nitrogen and oxygen atoms in total. The molecule has 0 saturated carbocycles. The van der Waals surface area contributed by atoms with Gasteiger partial charge in [-0.2, -0.15) is 0 Å². The van der Waals surface area contributed by atoms with Gasteiger partial charge in [-0.25, -0.2) is 9.78 Å². The summed E-state index contributed by atoms with van der Waals surface area (Å²) in [6, 6.07) is 4.04. The van der Waals surface area contributed by atoms with E-state index in [2.05, 4.69) is 15.3 Å². The highest BCUT2D eigenvalue weighted by Gasteiger charge is 2.31. The number of hydrogen-bond donors (Lipinski definition) is 2. The number of likely N-dealkylation sites (tertiary alicyclic amines) is 1. The van der Waals surface area contributed by atoms with Crippen molar-refractivity contribution in [2.75, 3.05) is 25.4 Å². The van der Waals surface area contributed by atoms with Crippen molar-refractivity contribution in [1.29, 1.82) is 0 Å².